The minimum Gasteiger partial charge on any atom is -0.481 e. The molecule has 0 spiro atoms. The molecule has 3 heterocycles. The number of fused-ring (bicyclic) bond motifs is 1. The monoisotopic (exact) mass is 588 g/mol. The van der Waals surface area contributed by atoms with Gasteiger partial charge in [-0.3, -0.25) is 19.2 Å². The second-order valence-electron chi connectivity index (χ2n) is 12.6. The number of nitrogens with one attached hydrogen (secondary N) is 2. The number of carboxylic acids is 1. The number of piperidine rings is 1. The molecular weight excluding hydrogens is 548 g/mol. The topological polar surface area (TPSA) is 133 Å². The van der Waals surface area contributed by atoms with E-state index in [1.54, 1.807) is 10.7 Å². The van der Waals surface area contributed by atoms with E-state index in [4.69, 9.17) is 16.3 Å². The van der Waals surface area contributed by atoms with E-state index in [1.807, 2.05) is 32.0 Å². The van der Waals surface area contributed by atoms with Gasteiger partial charge in [-0.2, -0.15) is 0 Å². The molecule has 3 aromatic rings. The molecule has 11 heteroatoms. The van der Waals surface area contributed by atoms with Gasteiger partial charge in [0.15, 0.2) is 11.5 Å². The lowest BCUT2D eigenvalue weighted by atomic mass is 9.75. The molecule has 2 aliphatic rings. The third-order valence-corrected chi connectivity index (χ3v) is 8.88. The minimum atomic E-state index is -0.778. The van der Waals surface area contributed by atoms with Crippen molar-refractivity contribution in [3.05, 3.63) is 41.4 Å². The number of carboxylic acid groups (broad SMARTS) is 1. The molecule has 0 bridgehead atoms. The average Bonchev–Trinajstić information content (AvgIpc) is 3.52. The fraction of sp³-hybridized carbons (Fsp3) is 0.531. The number of carbonyl (C=O) groups excluding carboxylic acids is 2. The van der Waals surface area contributed by atoms with E-state index in [1.165, 1.54) is 0 Å². The van der Waals surface area contributed by atoms with E-state index in [2.05, 4.69) is 40.9 Å². The molecule has 2 fully saturated rings. The van der Waals surface area contributed by atoms with Crippen LogP contribution in [0.4, 0.5) is 17.1 Å². The normalized spacial score (nSPS) is 22.9. The van der Waals surface area contributed by atoms with Crippen LogP contribution in [-0.2, 0) is 14.3 Å². The van der Waals surface area contributed by atoms with Crippen LogP contribution in [0.1, 0.15) is 70.7 Å². The summed E-state index contributed by atoms with van der Waals surface area (Å²) >= 11 is 0. The zero-order chi connectivity index (χ0) is 31.0. The highest BCUT2D eigenvalue weighted by atomic mass is 16.5. The van der Waals surface area contributed by atoms with Crippen LogP contribution < -0.4 is 10.2 Å². The molecule has 1 aromatic carbocycles. The van der Waals surface area contributed by atoms with Gasteiger partial charge in [-0.1, -0.05) is 34.6 Å². The summed E-state index contributed by atoms with van der Waals surface area (Å²) in [4.78, 5) is 48.1. The van der Waals surface area contributed by atoms with Gasteiger partial charge in [-0.05, 0) is 61.6 Å². The number of aromatic nitrogens is 3. The van der Waals surface area contributed by atoms with Crippen LogP contribution >= 0.6 is 0 Å². The van der Waals surface area contributed by atoms with Crippen LogP contribution in [0.15, 0.2) is 24.4 Å². The van der Waals surface area contributed by atoms with Gasteiger partial charge in [-0.25, -0.2) is 14.6 Å². The van der Waals surface area contributed by atoms with Gasteiger partial charge in [0.25, 0.3) is 0 Å². The fourth-order valence-electron chi connectivity index (χ4n) is 6.65. The summed E-state index contributed by atoms with van der Waals surface area (Å²) in [5.74, 6) is -0.592. The summed E-state index contributed by atoms with van der Waals surface area (Å²) in [5.41, 5.74) is 2.71. The van der Waals surface area contributed by atoms with Crippen LogP contribution in [0.3, 0.4) is 0 Å². The van der Waals surface area contributed by atoms with Gasteiger partial charge in [0.2, 0.25) is 11.6 Å². The first kappa shape index (κ1) is 30.1. The molecule has 2 unspecified atom stereocenters. The first-order chi connectivity index (χ1) is 20.5. The number of benzene rings is 1. The van der Waals surface area contributed by atoms with Crippen LogP contribution in [0.5, 0.6) is 0 Å². The summed E-state index contributed by atoms with van der Waals surface area (Å²) in [6.45, 7) is 18.9. The molecule has 11 nitrogen and oxygen atoms in total. The second-order valence-corrected chi connectivity index (χ2v) is 12.6. The maximum absolute atomic E-state index is 13.5. The Labute approximate surface area is 251 Å². The van der Waals surface area contributed by atoms with Gasteiger partial charge >= 0.3 is 11.9 Å². The molecule has 228 valence electrons. The predicted octanol–water partition coefficient (Wildman–Crippen LogP) is 6.00. The van der Waals surface area contributed by atoms with Crippen molar-refractivity contribution < 1.29 is 24.2 Å². The maximum atomic E-state index is 13.5. The lowest BCUT2D eigenvalue weighted by molar-refractivity contribution is -0.142. The molecule has 2 aromatic heterocycles. The van der Waals surface area contributed by atoms with Crippen molar-refractivity contribution in [1.82, 2.24) is 14.6 Å². The van der Waals surface area contributed by atoms with E-state index in [0.29, 0.717) is 54.6 Å². The number of amides is 1. The van der Waals surface area contributed by atoms with E-state index >= 15 is 0 Å². The molecule has 2 atom stereocenters. The van der Waals surface area contributed by atoms with E-state index in [0.717, 1.165) is 18.5 Å². The van der Waals surface area contributed by atoms with Crippen molar-refractivity contribution in [2.45, 2.75) is 66.4 Å². The SMILES string of the molecule is [C-]#[N+]c1cn2[nH]c(-c3ccc(N4CCC(C(=O)O)CC4)c(NC(=O)C(C)C)c3)nc2c1C(=O)OC1C(C)CC(C)CC1C. The molecule has 1 saturated carbocycles. The van der Waals surface area contributed by atoms with Gasteiger partial charge in [0.05, 0.1) is 23.9 Å². The molecule has 5 rings (SSSR count). The Morgan fingerprint density at radius 1 is 1.14 bits per heavy atom. The number of nitrogens with zero attached hydrogens (tertiary/aromatic N) is 4. The molecule has 1 aliphatic carbocycles. The molecular formula is C32H40N6O5. The zero-order valence-electron chi connectivity index (χ0n) is 25.4. The summed E-state index contributed by atoms with van der Waals surface area (Å²) in [6.07, 6.45) is 4.35. The van der Waals surface area contributed by atoms with Crippen molar-refractivity contribution in [2.75, 3.05) is 23.3 Å². The summed E-state index contributed by atoms with van der Waals surface area (Å²) in [7, 11) is 0. The third kappa shape index (κ3) is 6.10. The average molecular weight is 589 g/mol. The molecule has 43 heavy (non-hydrogen) atoms. The Morgan fingerprint density at radius 2 is 1.81 bits per heavy atom. The predicted molar refractivity (Wildman–Crippen MR) is 163 cm³/mol. The van der Waals surface area contributed by atoms with Crippen molar-refractivity contribution in [2.24, 2.45) is 29.6 Å². The van der Waals surface area contributed by atoms with Crippen molar-refractivity contribution >= 4 is 40.6 Å². The van der Waals surface area contributed by atoms with E-state index < -0.39 is 11.9 Å². The van der Waals surface area contributed by atoms with Crippen molar-refractivity contribution in [1.29, 1.82) is 0 Å². The number of anilines is 2. The minimum absolute atomic E-state index is 0.140. The number of hydrogen-bond donors (Lipinski definition) is 3. The quantitative estimate of drug-likeness (QED) is 0.228. The number of rotatable bonds is 7. The standard InChI is InChI=1S/C32H40N6O5/c1-17(2)30(39)34-23-15-22(7-8-25(23)37-11-9-21(10-12-37)31(40)41)28-35-29-26(24(33-6)16-38(29)36-28)32(42)43-27-19(4)13-18(3)14-20(27)5/h7-8,15-21,27H,9-14H2,1-5H3,(H,34,39)(H,35,36)(H,40,41). The van der Waals surface area contributed by atoms with Crippen LogP contribution in [0.25, 0.3) is 21.9 Å². The Balaban J connectivity index is 1.46. The van der Waals surface area contributed by atoms with Crippen LogP contribution in [-0.4, -0.2) is 56.7 Å². The molecule has 3 N–H and O–H groups in total. The lowest BCUT2D eigenvalue weighted by Gasteiger charge is -2.37. The number of aromatic amines is 1. The summed E-state index contributed by atoms with van der Waals surface area (Å²) in [5, 5.41) is 15.6. The number of esters is 1. The Morgan fingerprint density at radius 3 is 2.42 bits per heavy atom. The Hall–Kier alpha value is -4.33. The number of ether oxygens (including phenoxy) is 1. The number of aliphatic carboxylic acids is 1. The number of carbonyl (C=O) groups is 3. The highest BCUT2D eigenvalue weighted by molar-refractivity contribution is 6.03. The molecule has 1 amide bonds. The van der Waals surface area contributed by atoms with Gasteiger partial charge in [0.1, 0.15) is 11.7 Å². The number of hydrogen-bond acceptors (Lipinski definition) is 6. The van der Waals surface area contributed by atoms with Crippen LogP contribution in [0.2, 0.25) is 0 Å². The maximum Gasteiger partial charge on any atom is 0.331 e. The highest BCUT2D eigenvalue weighted by Crippen LogP contribution is 2.38. The largest absolute Gasteiger partial charge is 0.481 e. The van der Waals surface area contributed by atoms with Gasteiger partial charge in [-0.15, -0.1) is 0 Å². The van der Waals surface area contributed by atoms with Crippen molar-refractivity contribution in [3.63, 3.8) is 0 Å². The summed E-state index contributed by atoms with van der Waals surface area (Å²) in [6, 6.07) is 5.61. The van der Waals surface area contributed by atoms with Gasteiger partial charge in [0, 0.05) is 30.8 Å². The second kappa shape index (κ2) is 12.1. The van der Waals surface area contributed by atoms with Crippen LogP contribution in [0, 0.1) is 36.2 Å². The smallest absolute Gasteiger partial charge is 0.331 e. The number of H-pyrrole nitrogens is 1. The molecule has 1 saturated heterocycles. The lowest BCUT2D eigenvalue weighted by Crippen LogP contribution is -2.37. The molecule has 1 aliphatic heterocycles. The zero-order valence-corrected chi connectivity index (χ0v) is 25.4. The van der Waals surface area contributed by atoms with E-state index in [-0.39, 0.29) is 46.9 Å². The molecule has 0 radical (unpaired) electrons. The Bertz CT molecular complexity index is 1560. The first-order valence-electron chi connectivity index (χ1n) is 15.1. The van der Waals surface area contributed by atoms with Crippen molar-refractivity contribution in [3.8, 4) is 11.4 Å². The van der Waals surface area contributed by atoms with E-state index in [9.17, 15) is 19.5 Å². The Kier molecular flexibility index (Phi) is 8.49. The highest BCUT2D eigenvalue weighted by Gasteiger charge is 2.36. The van der Waals surface area contributed by atoms with Gasteiger partial charge < -0.3 is 20.1 Å². The third-order valence-electron chi connectivity index (χ3n) is 8.88. The summed E-state index contributed by atoms with van der Waals surface area (Å²) < 4.78 is 7.59. The first-order valence-corrected chi connectivity index (χ1v) is 15.1. The fourth-order valence-corrected chi connectivity index (χ4v) is 6.65.